The molecule has 3 aromatic rings. The zero-order valence-electron chi connectivity index (χ0n) is 16.6. The maximum absolute atomic E-state index is 12.8. The lowest BCUT2D eigenvalue weighted by Crippen LogP contribution is -2.23. The van der Waals surface area contributed by atoms with Crippen molar-refractivity contribution in [2.45, 2.75) is 42.6 Å². The summed E-state index contributed by atoms with van der Waals surface area (Å²) in [6.45, 7) is 2.79. The Morgan fingerprint density at radius 1 is 1.17 bits per heavy atom. The summed E-state index contributed by atoms with van der Waals surface area (Å²) in [6, 6.07) is 15.7. The van der Waals surface area contributed by atoms with Gasteiger partial charge in [-0.2, -0.15) is 0 Å². The zero-order valence-corrected chi connectivity index (χ0v) is 17.4. The van der Waals surface area contributed by atoms with Gasteiger partial charge >= 0.3 is 0 Å². The van der Waals surface area contributed by atoms with Crippen LogP contribution < -0.4 is 14.8 Å². The summed E-state index contributed by atoms with van der Waals surface area (Å²) in [5.74, 6) is 2.74. The molecule has 2 aromatic carbocycles. The summed E-state index contributed by atoms with van der Waals surface area (Å²) in [5, 5.41) is 12.2. The van der Waals surface area contributed by atoms with Crippen molar-refractivity contribution in [1.29, 1.82) is 0 Å². The molecule has 2 heterocycles. The van der Waals surface area contributed by atoms with Gasteiger partial charge < -0.3 is 19.4 Å². The van der Waals surface area contributed by atoms with E-state index in [-0.39, 0.29) is 18.0 Å². The molecule has 7 nitrogen and oxygen atoms in total. The predicted octanol–water partition coefficient (Wildman–Crippen LogP) is 4.05. The summed E-state index contributed by atoms with van der Waals surface area (Å²) < 4.78 is 12.9. The third-order valence-electron chi connectivity index (χ3n) is 5.16. The normalized spacial score (nSPS) is 15.8. The topological polar surface area (TPSA) is 78.3 Å². The number of aromatic nitrogens is 3. The summed E-state index contributed by atoms with van der Waals surface area (Å²) in [4.78, 5) is 12.8. The molecule has 5 rings (SSSR count). The Bertz CT molecular complexity index is 1070. The molecule has 0 spiro atoms. The number of nitrogens with one attached hydrogen (secondary N) is 1. The van der Waals surface area contributed by atoms with E-state index in [1.165, 1.54) is 17.3 Å². The molecule has 30 heavy (non-hydrogen) atoms. The van der Waals surface area contributed by atoms with E-state index in [4.69, 9.17) is 9.47 Å². The van der Waals surface area contributed by atoms with Gasteiger partial charge in [0.1, 0.15) is 5.82 Å². The minimum absolute atomic E-state index is 0.0962. The van der Waals surface area contributed by atoms with Crippen molar-refractivity contribution in [3.63, 3.8) is 0 Å². The summed E-state index contributed by atoms with van der Waals surface area (Å²) in [6.07, 6.45) is 2.30. The maximum atomic E-state index is 12.8. The SMILES string of the molecule is CC(Sc1nnc(C2CC2)n1Cc1ccccc1)C(=O)Nc1ccc2c(c1)OCO2. The average molecular weight is 423 g/mol. The molecule has 1 fully saturated rings. The molecule has 2 aliphatic rings. The van der Waals surface area contributed by atoms with E-state index in [2.05, 4.69) is 32.2 Å². The van der Waals surface area contributed by atoms with Crippen molar-refractivity contribution in [2.24, 2.45) is 0 Å². The van der Waals surface area contributed by atoms with Crippen LogP contribution in [0, 0.1) is 0 Å². The molecule has 0 radical (unpaired) electrons. The molecule has 0 saturated heterocycles. The second-order valence-electron chi connectivity index (χ2n) is 7.50. The summed E-state index contributed by atoms with van der Waals surface area (Å²) in [7, 11) is 0. The number of hydrogen-bond acceptors (Lipinski definition) is 6. The number of carbonyl (C=O) groups is 1. The molecule has 1 aliphatic heterocycles. The van der Waals surface area contributed by atoms with Gasteiger partial charge in [0.05, 0.1) is 11.8 Å². The third-order valence-corrected chi connectivity index (χ3v) is 6.24. The number of nitrogens with zero attached hydrogens (tertiary/aromatic N) is 3. The van der Waals surface area contributed by atoms with Crippen LogP contribution in [0.3, 0.4) is 0 Å². The van der Waals surface area contributed by atoms with Gasteiger partial charge in [0.15, 0.2) is 16.7 Å². The lowest BCUT2D eigenvalue weighted by atomic mass is 10.2. The number of fused-ring (bicyclic) bond motifs is 1. The molecular formula is C22H22N4O3S. The van der Waals surface area contributed by atoms with Crippen molar-refractivity contribution in [3.05, 3.63) is 59.9 Å². The Balaban J connectivity index is 1.30. The fourth-order valence-electron chi connectivity index (χ4n) is 3.38. The number of anilines is 1. The minimum atomic E-state index is -0.332. The predicted molar refractivity (Wildman–Crippen MR) is 114 cm³/mol. The Labute approximate surface area is 178 Å². The van der Waals surface area contributed by atoms with E-state index >= 15 is 0 Å². The minimum Gasteiger partial charge on any atom is -0.454 e. The number of rotatable bonds is 7. The van der Waals surface area contributed by atoms with Gasteiger partial charge in [0.25, 0.3) is 0 Å². The highest BCUT2D eigenvalue weighted by Crippen LogP contribution is 2.40. The second kappa shape index (κ2) is 8.02. The van der Waals surface area contributed by atoms with E-state index in [1.807, 2.05) is 31.2 Å². The molecule has 1 aliphatic carbocycles. The fourth-order valence-corrected chi connectivity index (χ4v) is 4.23. The van der Waals surface area contributed by atoms with Crippen LogP contribution in [0.5, 0.6) is 11.5 Å². The lowest BCUT2D eigenvalue weighted by Gasteiger charge is -2.14. The van der Waals surface area contributed by atoms with Crippen LogP contribution in [0.4, 0.5) is 5.69 Å². The highest BCUT2D eigenvalue weighted by molar-refractivity contribution is 8.00. The van der Waals surface area contributed by atoms with Crippen LogP contribution in [0.2, 0.25) is 0 Å². The molecule has 1 amide bonds. The average Bonchev–Trinajstić information content (AvgIpc) is 3.37. The fraction of sp³-hybridized carbons (Fsp3) is 0.318. The molecule has 1 aromatic heterocycles. The molecule has 0 bridgehead atoms. The van der Waals surface area contributed by atoms with E-state index in [0.717, 1.165) is 23.8 Å². The number of hydrogen-bond donors (Lipinski definition) is 1. The molecule has 1 N–H and O–H groups in total. The van der Waals surface area contributed by atoms with Gasteiger partial charge in [-0.05, 0) is 37.5 Å². The van der Waals surface area contributed by atoms with Gasteiger partial charge in [0.2, 0.25) is 12.7 Å². The third kappa shape index (κ3) is 4.00. The summed E-state index contributed by atoms with van der Waals surface area (Å²) >= 11 is 1.43. The van der Waals surface area contributed by atoms with Crippen LogP contribution in [0.15, 0.2) is 53.7 Å². The van der Waals surface area contributed by atoms with E-state index < -0.39 is 0 Å². The lowest BCUT2D eigenvalue weighted by molar-refractivity contribution is -0.115. The van der Waals surface area contributed by atoms with Crippen LogP contribution in [-0.2, 0) is 11.3 Å². The second-order valence-corrected chi connectivity index (χ2v) is 8.81. The Morgan fingerprint density at radius 2 is 1.97 bits per heavy atom. The van der Waals surface area contributed by atoms with Crippen molar-refractivity contribution in [2.75, 3.05) is 12.1 Å². The molecule has 154 valence electrons. The van der Waals surface area contributed by atoms with Gasteiger partial charge in [-0.3, -0.25) is 4.79 Å². The highest BCUT2D eigenvalue weighted by atomic mass is 32.2. The molecule has 1 saturated carbocycles. The number of ether oxygens (including phenoxy) is 2. The first kappa shape index (κ1) is 19.0. The quantitative estimate of drug-likeness (QED) is 0.579. The Hall–Kier alpha value is -3.00. The number of benzene rings is 2. The van der Waals surface area contributed by atoms with Crippen molar-refractivity contribution in [1.82, 2.24) is 14.8 Å². The standard InChI is InChI=1S/C22H22N4O3S/c1-14(21(27)23-17-9-10-18-19(11-17)29-13-28-18)30-22-25-24-20(16-7-8-16)26(22)12-15-5-3-2-4-6-15/h2-6,9-11,14,16H,7-8,12-13H2,1H3,(H,23,27). The largest absolute Gasteiger partial charge is 0.454 e. The van der Waals surface area contributed by atoms with Crippen molar-refractivity contribution in [3.8, 4) is 11.5 Å². The van der Waals surface area contributed by atoms with Crippen LogP contribution in [0.1, 0.15) is 37.1 Å². The van der Waals surface area contributed by atoms with E-state index in [0.29, 0.717) is 29.6 Å². The Kier molecular flexibility index (Phi) is 5.08. The maximum Gasteiger partial charge on any atom is 0.237 e. The first-order valence-corrected chi connectivity index (χ1v) is 10.9. The highest BCUT2D eigenvalue weighted by Gasteiger charge is 2.31. The van der Waals surface area contributed by atoms with Gasteiger partial charge in [-0.25, -0.2) is 0 Å². The summed E-state index contributed by atoms with van der Waals surface area (Å²) in [5.41, 5.74) is 1.87. The smallest absolute Gasteiger partial charge is 0.237 e. The van der Waals surface area contributed by atoms with E-state index in [1.54, 1.807) is 12.1 Å². The number of amides is 1. The molecule has 1 unspecified atom stereocenters. The monoisotopic (exact) mass is 422 g/mol. The van der Waals surface area contributed by atoms with Gasteiger partial charge in [-0.1, -0.05) is 42.1 Å². The first-order chi connectivity index (χ1) is 14.7. The molecule has 1 atom stereocenters. The molecular weight excluding hydrogens is 400 g/mol. The van der Waals surface area contributed by atoms with E-state index in [9.17, 15) is 4.79 Å². The van der Waals surface area contributed by atoms with Crippen molar-refractivity contribution >= 4 is 23.4 Å². The van der Waals surface area contributed by atoms with Crippen LogP contribution in [0.25, 0.3) is 0 Å². The van der Waals surface area contributed by atoms with Crippen molar-refractivity contribution < 1.29 is 14.3 Å². The van der Waals surface area contributed by atoms with Crippen LogP contribution in [-0.4, -0.2) is 32.7 Å². The van der Waals surface area contributed by atoms with Gasteiger partial charge in [0, 0.05) is 17.7 Å². The number of thioether (sulfide) groups is 1. The molecule has 8 heteroatoms. The number of carbonyl (C=O) groups excluding carboxylic acids is 1. The first-order valence-electron chi connectivity index (χ1n) is 10.0. The zero-order chi connectivity index (χ0) is 20.5. The Morgan fingerprint density at radius 3 is 2.77 bits per heavy atom. The van der Waals surface area contributed by atoms with Crippen LogP contribution >= 0.6 is 11.8 Å². The van der Waals surface area contributed by atoms with Gasteiger partial charge in [-0.15, -0.1) is 10.2 Å².